The van der Waals surface area contributed by atoms with E-state index in [1.807, 2.05) is 0 Å². The summed E-state index contributed by atoms with van der Waals surface area (Å²) in [6, 6.07) is 7.50. The molecule has 0 radical (unpaired) electrons. The fraction of sp³-hybridized carbons (Fsp3) is 0.182. The Balaban J connectivity index is 2.69. The fourth-order valence-corrected chi connectivity index (χ4v) is 1.18. The molecule has 1 rings (SSSR count). The van der Waals surface area contributed by atoms with Gasteiger partial charge in [0.2, 0.25) is 0 Å². The third-order valence-electron chi connectivity index (χ3n) is 1.99. The molecule has 1 atom stereocenters. The molecule has 0 aromatic heterocycles. The maximum Gasteiger partial charge on any atom is 0.394 e. The summed E-state index contributed by atoms with van der Waals surface area (Å²) in [6.45, 7) is 1.44. The number of Topliss-reactive ketones (excluding diaryl/α,β-unsaturated/α-hetero) is 1. The van der Waals surface area contributed by atoms with E-state index < -0.39 is 17.9 Å². The number of carbonyl (C=O) groups is 3. The summed E-state index contributed by atoms with van der Waals surface area (Å²) in [5.41, 5.74) is 0.431. The number of ketones is 1. The molecule has 0 saturated carbocycles. The lowest BCUT2D eigenvalue weighted by Crippen LogP contribution is -2.42. The van der Waals surface area contributed by atoms with E-state index in [4.69, 9.17) is 5.11 Å². The Morgan fingerprint density at radius 1 is 1.19 bits per heavy atom. The highest BCUT2D eigenvalue weighted by Crippen LogP contribution is 2.02. The third kappa shape index (κ3) is 2.91. The number of benzene rings is 1. The van der Waals surface area contributed by atoms with Crippen molar-refractivity contribution in [1.29, 1.82) is 0 Å². The zero-order chi connectivity index (χ0) is 12.1. The van der Waals surface area contributed by atoms with Crippen LogP contribution >= 0.6 is 0 Å². The summed E-state index contributed by atoms with van der Waals surface area (Å²) in [5.74, 6) is -3.11. The molecule has 0 fully saturated rings. The van der Waals surface area contributed by atoms with Crippen LogP contribution in [0.2, 0.25) is 0 Å². The zero-order valence-corrected chi connectivity index (χ0v) is 8.64. The molecule has 1 amide bonds. The van der Waals surface area contributed by atoms with Crippen molar-refractivity contribution in [2.75, 3.05) is 0 Å². The predicted molar refractivity (Wildman–Crippen MR) is 56.0 cm³/mol. The first-order valence-corrected chi connectivity index (χ1v) is 4.65. The maximum absolute atomic E-state index is 11.7. The minimum Gasteiger partial charge on any atom is -0.474 e. The van der Waals surface area contributed by atoms with Crippen LogP contribution in [0.4, 0.5) is 0 Å². The van der Waals surface area contributed by atoms with Crippen molar-refractivity contribution in [3.05, 3.63) is 35.9 Å². The molecule has 5 nitrogen and oxygen atoms in total. The molecule has 5 heteroatoms. The Morgan fingerprint density at radius 2 is 1.75 bits per heavy atom. The second-order valence-electron chi connectivity index (χ2n) is 3.23. The van der Waals surface area contributed by atoms with Gasteiger partial charge in [-0.3, -0.25) is 9.59 Å². The van der Waals surface area contributed by atoms with E-state index in [2.05, 4.69) is 5.32 Å². The Labute approximate surface area is 92.1 Å². The molecule has 2 N–H and O–H groups in total. The monoisotopic (exact) mass is 221 g/mol. The number of rotatable bonds is 3. The molecule has 1 aromatic carbocycles. The van der Waals surface area contributed by atoms with Crippen molar-refractivity contribution in [2.45, 2.75) is 13.0 Å². The van der Waals surface area contributed by atoms with Crippen LogP contribution in [0.3, 0.4) is 0 Å². The molecule has 1 unspecified atom stereocenters. The molecule has 16 heavy (non-hydrogen) atoms. The molecule has 0 bridgehead atoms. The van der Waals surface area contributed by atoms with Gasteiger partial charge in [-0.05, 0) is 6.92 Å². The van der Waals surface area contributed by atoms with Gasteiger partial charge in [0.05, 0.1) is 6.04 Å². The first-order chi connectivity index (χ1) is 7.52. The van der Waals surface area contributed by atoms with Crippen molar-refractivity contribution in [3.8, 4) is 0 Å². The summed E-state index contributed by atoms with van der Waals surface area (Å²) in [6.07, 6.45) is 0. The number of amides is 1. The van der Waals surface area contributed by atoms with E-state index in [-0.39, 0.29) is 5.78 Å². The van der Waals surface area contributed by atoms with Gasteiger partial charge in [-0.15, -0.1) is 0 Å². The molecule has 84 valence electrons. The van der Waals surface area contributed by atoms with Crippen LogP contribution in [0.5, 0.6) is 0 Å². The van der Waals surface area contributed by atoms with Gasteiger partial charge in [-0.1, -0.05) is 30.3 Å². The Morgan fingerprint density at radius 3 is 2.25 bits per heavy atom. The first-order valence-electron chi connectivity index (χ1n) is 4.65. The van der Waals surface area contributed by atoms with Crippen molar-refractivity contribution in [1.82, 2.24) is 5.32 Å². The molecule has 0 spiro atoms. The Bertz CT molecular complexity index is 413. The van der Waals surface area contributed by atoms with Gasteiger partial charge in [-0.2, -0.15) is 0 Å². The average molecular weight is 221 g/mol. The average Bonchev–Trinajstić information content (AvgIpc) is 2.28. The number of carboxylic acid groups (broad SMARTS) is 1. The summed E-state index contributed by atoms with van der Waals surface area (Å²) < 4.78 is 0. The highest BCUT2D eigenvalue weighted by molar-refractivity contribution is 6.32. The van der Waals surface area contributed by atoms with Gasteiger partial charge in [0.15, 0.2) is 5.78 Å². The van der Waals surface area contributed by atoms with Crippen molar-refractivity contribution < 1.29 is 19.5 Å². The second-order valence-corrected chi connectivity index (χ2v) is 3.23. The summed E-state index contributed by atoms with van der Waals surface area (Å²) >= 11 is 0. The van der Waals surface area contributed by atoms with Crippen LogP contribution in [0.25, 0.3) is 0 Å². The lowest BCUT2D eigenvalue weighted by molar-refractivity contribution is -0.150. The summed E-state index contributed by atoms with van der Waals surface area (Å²) in [4.78, 5) is 32.8. The number of hydrogen-bond donors (Lipinski definition) is 2. The van der Waals surface area contributed by atoms with E-state index in [0.717, 1.165) is 0 Å². The molecule has 0 saturated heterocycles. The minimum atomic E-state index is -1.60. The van der Waals surface area contributed by atoms with Gasteiger partial charge in [0, 0.05) is 5.56 Å². The molecule has 0 aliphatic carbocycles. The van der Waals surface area contributed by atoms with Crippen LogP contribution in [0.15, 0.2) is 30.3 Å². The van der Waals surface area contributed by atoms with Crippen LogP contribution in [0, 0.1) is 0 Å². The van der Waals surface area contributed by atoms with Crippen molar-refractivity contribution >= 4 is 17.7 Å². The maximum atomic E-state index is 11.7. The zero-order valence-electron chi connectivity index (χ0n) is 8.64. The summed E-state index contributed by atoms with van der Waals surface area (Å²) in [5, 5.41) is 10.4. The minimum absolute atomic E-state index is 0.324. The Hall–Kier alpha value is -2.17. The van der Waals surface area contributed by atoms with E-state index in [1.54, 1.807) is 30.3 Å². The molecular formula is C11H11NO4. The predicted octanol–water partition coefficient (Wildman–Crippen LogP) is 0.459. The fourth-order valence-electron chi connectivity index (χ4n) is 1.18. The molecule has 0 heterocycles. The third-order valence-corrected chi connectivity index (χ3v) is 1.99. The second kappa shape index (κ2) is 5.06. The van der Waals surface area contributed by atoms with E-state index in [9.17, 15) is 14.4 Å². The molecule has 0 aliphatic rings. The smallest absolute Gasteiger partial charge is 0.394 e. The van der Waals surface area contributed by atoms with Crippen LogP contribution in [-0.4, -0.2) is 28.8 Å². The van der Waals surface area contributed by atoms with E-state index in [1.165, 1.54) is 6.92 Å². The Kier molecular flexibility index (Phi) is 3.77. The van der Waals surface area contributed by atoms with Gasteiger partial charge in [0.1, 0.15) is 0 Å². The van der Waals surface area contributed by atoms with Gasteiger partial charge in [-0.25, -0.2) is 4.79 Å². The standard InChI is InChI=1S/C11H11NO4/c1-7(12-10(14)11(15)16)9(13)8-5-3-2-4-6-8/h2-7H,1H3,(H,12,14)(H,15,16). The van der Waals surface area contributed by atoms with Gasteiger partial charge in [0.25, 0.3) is 0 Å². The van der Waals surface area contributed by atoms with E-state index in [0.29, 0.717) is 5.56 Å². The van der Waals surface area contributed by atoms with E-state index >= 15 is 0 Å². The highest BCUT2D eigenvalue weighted by Gasteiger charge is 2.20. The van der Waals surface area contributed by atoms with Gasteiger partial charge >= 0.3 is 11.9 Å². The molecule has 0 aliphatic heterocycles. The lowest BCUT2D eigenvalue weighted by Gasteiger charge is -2.10. The van der Waals surface area contributed by atoms with Crippen molar-refractivity contribution in [3.63, 3.8) is 0 Å². The molecule has 1 aromatic rings. The quantitative estimate of drug-likeness (QED) is 0.573. The molecular weight excluding hydrogens is 210 g/mol. The van der Waals surface area contributed by atoms with Crippen LogP contribution in [-0.2, 0) is 9.59 Å². The SMILES string of the molecule is CC(NC(=O)C(=O)O)C(=O)c1ccccc1. The van der Waals surface area contributed by atoms with Crippen LogP contribution in [0.1, 0.15) is 17.3 Å². The number of carboxylic acids is 1. The lowest BCUT2D eigenvalue weighted by atomic mass is 10.1. The van der Waals surface area contributed by atoms with Gasteiger partial charge < -0.3 is 10.4 Å². The highest BCUT2D eigenvalue weighted by atomic mass is 16.4. The normalized spacial score (nSPS) is 11.6. The topological polar surface area (TPSA) is 83.5 Å². The largest absolute Gasteiger partial charge is 0.474 e. The number of nitrogens with one attached hydrogen (secondary N) is 1. The number of hydrogen-bond acceptors (Lipinski definition) is 3. The first kappa shape index (κ1) is 11.9. The summed E-state index contributed by atoms with van der Waals surface area (Å²) in [7, 11) is 0. The number of aliphatic carboxylic acids is 1. The van der Waals surface area contributed by atoms with Crippen LogP contribution < -0.4 is 5.32 Å². The van der Waals surface area contributed by atoms with Crippen molar-refractivity contribution in [2.24, 2.45) is 0 Å². The number of carbonyl (C=O) groups excluding carboxylic acids is 2.